The molecule has 1 aliphatic heterocycles. The van der Waals surface area contributed by atoms with Crippen molar-refractivity contribution in [2.24, 2.45) is 0 Å². The lowest BCUT2D eigenvalue weighted by Crippen LogP contribution is -2.33. The summed E-state index contributed by atoms with van der Waals surface area (Å²) in [5, 5.41) is 0.786. The van der Waals surface area contributed by atoms with E-state index < -0.39 is 0 Å². The van der Waals surface area contributed by atoms with Crippen LogP contribution in [0.3, 0.4) is 0 Å². The van der Waals surface area contributed by atoms with Gasteiger partial charge < -0.3 is 4.74 Å². The summed E-state index contributed by atoms with van der Waals surface area (Å²) < 4.78 is 6.11. The molecule has 1 fully saturated rings. The Labute approximate surface area is 141 Å². The van der Waals surface area contributed by atoms with E-state index in [1.807, 2.05) is 12.1 Å². The van der Waals surface area contributed by atoms with Gasteiger partial charge in [0.25, 0.3) is 5.91 Å². The number of rotatable bonds is 4. The van der Waals surface area contributed by atoms with E-state index in [-0.39, 0.29) is 12.2 Å². The van der Waals surface area contributed by atoms with Crippen molar-refractivity contribution in [1.82, 2.24) is 10.5 Å². The molecular weight excluding hydrogens is 344 g/mol. The van der Waals surface area contributed by atoms with Crippen LogP contribution < -0.4 is 5.48 Å². The monoisotopic (exact) mass is 358 g/mol. The summed E-state index contributed by atoms with van der Waals surface area (Å²) in [7, 11) is 0. The van der Waals surface area contributed by atoms with Crippen LogP contribution in [0.4, 0.5) is 0 Å². The molecule has 0 radical (unpaired) electrons. The van der Waals surface area contributed by atoms with Gasteiger partial charge in [-0.2, -0.15) is 0 Å². The molecule has 1 aliphatic rings. The number of thiophene rings is 1. The maximum atomic E-state index is 12.2. The number of carbonyl (C=O) groups excluding carboxylic acids is 1. The highest BCUT2D eigenvalue weighted by Gasteiger charge is 2.20. The summed E-state index contributed by atoms with van der Waals surface area (Å²) in [6, 6.07) is 3.72. The maximum Gasteiger partial charge on any atom is 0.286 e. The quantitative estimate of drug-likeness (QED) is 0.838. The molecular formula is C14H15ClN2O3S2. The van der Waals surface area contributed by atoms with Gasteiger partial charge >= 0.3 is 0 Å². The second-order valence-electron chi connectivity index (χ2n) is 4.88. The molecule has 2 aromatic rings. The number of nitrogens with one attached hydrogen (secondary N) is 1. The first-order chi connectivity index (χ1) is 10.6. The summed E-state index contributed by atoms with van der Waals surface area (Å²) in [6.07, 6.45) is 2.51. The molecule has 1 amide bonds. The molecule has 5 nitrogen and oxygen atoms in total. The van der Waals surface area contributed by atoms with E-state index in [0.29, 0.717) is 21.5 Å². The van der Waals surface area contributed by atoms with E-state index in [1.54, 1.807) is 6.92 Å². The number of hydrogen-bond acceptors (Lipinski definition) is 6. The Bertz CT molecular complexity index is 665. The fourth-order valence-corrected chi connectivity index (χ4v) is 4.16. The van der Waals surface area contributed by atoms with Gasteiger partial charge in [-0.1, -0.05) is 11.6 Å². The SMILES string of the molecule is Cc1nc(-c2ccc(Cl)s2)sc1C(=O)NOC1CCCCO1. The molecule has 8 heteroatoms. The Hall–Kier alpha value is -0.990. The number of thiazole rings is 1. The minimum atomic E-state index is -0.360. The summed E-state index contributed by atoms with van der Waals surface area (Å²) in [4.78, 5) is 23.4. The molecule has 3 rings (SSSR count). The Balaban J connectivity index is 1.66. The zero-order chi connectivity index (χ0) is 15.5. The van der Waals surface area contributed by atoms with Crippen molar-refractivity contribution in [1.29, 1.82) is 0 Å². The van der Waals surface area contributed by atoms with Crippen molar-refractivity contribution in [3.05, 3.63) is 27.0 Å². The van der Waals surface area contributed by atoms with Gasteiger partial charge in [0.2, 0.25) is 0 Å². The lowest BCUT2D eigenvalue weighted by molar-refractivity contribution is -0.186. The Kier molecular flexibility index (Phi) is 5.10. The standard InChI is InChI=1S/C14H15ClN2O3S2/c1-8-12(13(18)17-20-11-4-2-3-7-19-11)22-14(16-8)9-5-6-10(15)21-9/h5-6,11H,2-4,7H2,1H3,(H,17,18). The van der Waals surface area contributed by atoms with E-state index in [4.69, 9.17) is 21.2 Å². The average molecular weight is 359 g/mol. The van der Waals surface area contributed by atoms with E-state index >= 15 is 0 Å². The first-order valence-electron chi connectivity index (χ1n) is 6.94. The molecule has 0 aromatic carbocycles. The number of aromatic nitrogens is 1. The molecule has 1 N–H and O–H groups in total. The fourth-order valence-electron chi connectivity index (χ4n) is 2.11. The number of aryl methyl sites for hydroxylation is 1. The molecule has 0 bridgehead atoms. The lowest BCUT2D eigenvalue weighted by atomic mass is 10.2. The first-order valence-corrected chi connectivity index (χ1v) is 8.95. The second kappa shape index (κ2) is 7.06. The predicted molar refractivity (Wildman–Crippen MR) is 87.3 cm³/mol. The highest BCUT2D eigenvalue weighted by molar-refractivity contribution is 7.24. The number of nitrogens with zero attached hydrogens (tertiary/aromatic N) is 1. The van der Waals surface area contributed by atoms with Gasteiger partial charge in [-0.15, -0.1) is 22.7 Å². The van der Waals surface area contributed by atoms with Crippen molar-refractivity contribution in [2.75, 3.05) is 6.61 Å². The molecule has 0 spiro atoms. The first kappa shape index (κ1) is 15.9. The largest absolute Gasteiger partial charge is 0.350 e. The molecule has 1 unspecified atom stereocenters. The zero-order valence-corrected chi connectivity index (χ0v) is 14.3. The smallest absolute Gasteiger partial charge is 0.286 e. The molecule has 0 saturated carbocycles. The molecule has 1 saturated heterocycles. The van der Waals surface area contributed by atoms with Crippen molar-refractivity contribution >= 4 is 40.2 Å². The van der Waals surface area contributed by atoms with Crippen LogP contribution in [-0.2, 0) is 9.57 Å². The molecule has 0 aliphatic carbocycles. The molecule has 118 valence electrons. The van der Waals surface area contributed by atoms with Gasteiger partial charge in [-0.25, -0.2) is 15.3 Å². The minimum Gasteiger partial charge on any atom is -0.350 e. The van der Waals surface area contributed by atoms with Crippen molar-refractivity contribution in [2.45, 2.75) is 32.5 Å². The topological polar surface area (TPSA) is 60.5 Å². The van der Waals surface area contributed by atoms with E-state index in [2.05, 4.69) is 10.5 Å². The van der Waals surface area contributed by atoms with Gasteiger partial charge in [-0.05, 0) is 31.9 Å². The molecule has 3 heterocycles. The van der Waals surface area contributed by atoms with Crippen LogP contribution in [0.15, 0.2) is 12.1 Å². The van der Waals surface area contributed by atoms with E-state index in [9.17, 15) is 4.79 Å². The van der Waals surface area contributed by atoms with E-state index in [1.165, 1.54) is 22.7 Å². The van der Waals surface area contributed by atoms with Gasteiger partial charge in [-0.3, -0.25) is 4.79 Å². The van der Waals surface area contributed by atoms with Crippen LogP contribution in [0.2, 0.25) is 4.34 Å². The van der Waals surface area contributed by atoms with Gasteiger partial charge in [0.05, 0.1) is 14.9 Å². The number of hydroxylamine groups is 1. The normalized spacial score (nSPS) is 18.4. The lowest BCUT2D eigenvalue weighted by Gasteiger charge is -2.21. The molecule has 2 aromatic heterocycles. The third kappa shape index (κ3) is 3.67. The summed E-state index contributed by atoms with van der Waals surface area (Å²) in [6.45, 7) is 2.48. The number of ether oxygens (including phenoxy) is 1. The van der Waals surface area contributed by atoms with Crippen LogP contribution in [0.1, 0.15) is 34.6 Å². The number of hydrogen-bond donors (Lipinski definition) is 1. The van der Waals surface area contributed by atoms with Crippen molar-refractivity contribution in [3.8, 4) is 9.88 Å². The number of halogens is 1. The average Bonchev–Trinajstić information content (AvgIpc) is 3.12. The van der Waals surface area contributed by atoms with Crippen LogP contribution in [0.5, 0.6) is 0 Å². The summed E-state index contributed by atoms with van der Waals surface area (Å²) >= 11 is 8.71. The van der Waals surface area contributed by atoms with Crippen LogP contribution in [0, 0.1) is 6.92 Å². The van der Waals surface area contributed by atoms with Crippen LogP contribution >= 0.6 is 34.3 Å². The highest BCUT2D eigenvalue weighted by atomic mass is 35.5. The fraction of sp³-hybridized carbons (Fsp3) is 0.429. The Morgan fingerprint density at radius 2 is 2.32 bits per heavy atom. The van der Waals surface area contributed by atoms with Crippen LogP contribution in [-0.4, -0.2) is 23.8 Å². The van der Waals surface area contributed by atoms with Crippen LogP contribution in [0.25, 0.3) is 9.88 Å². The van der Waals surface area contributed by atoms with E-state index in [0.717, 1.165) is 29.1 Å². The van der Waals surface area contributed by atoms with Gasteiger partial charge in [0.15, 0.2) is 6.29 Å². The third-order valence-corrected chi connectivity index (χ3v) is 5.76. The Morgan fingerprint density at radius 3 is 3.00 bits per heavy atom. The Morgan fingerprint density at radius 1 is 1.45 bits per heavy atom. The second-order valence-corrected chi connectivity index (χ2v) is 7.60. The van der Waals surface area contributed by atoms with Crippen molar-refractivity contribution < 1.29 is 14.4 Å². The summed E-state index contributed by atoms with van der Waals surface area (Å²) in [5.41, 5.74) is 3.14. The molecule has 22 heavy (non-hydrogen) atoms. The number of carbonyl (C=O) groups is 1. The van der Waals surface area contributed by atoms with Gasteiger partial charge in [0.1, 0.15) is 9.88 Å². The molecule has 1 atom stereocenters. The predicted octanol–water partition coefficient (Wildman–Crippen LogP) is 4.02. The maximum absolute atomic E-state index is 12.2. The van der Waals surface area contributed by atoms with Gasteiger partial charge in [0, 0.05) is 13.0 Å². The summed E-state index contributed by atoms with van der Waals surface area (Å²) in [5.74, 6) is -0.293. The van der Waals surface area contributed by atoms with Crippen molar-refractivity contribution in [3.63, 3.8) is 0 Å². The number of amides is 1. The third-order valence-electron chi connectivity index (χ3n) is 3.21. The highest BCUT2D eigenvalue weighted by Crippen LogP contribution is 2.34. The minimum absolute atomic E-state index is 0.293. The zero-order valence-electron chi connectivity index (χ0n) is 11.9.